The van der Waals surface area contributed by atoms with Gasteiger partial charge in [-0.1, -0.05) is 11.2 Å². The summed E-state index contributed by atoms with van der Waals surface area (Å²) >= 11 is 7.73. The maximum Gasteiger partial charge on any atom is 0.400 e. The van der Waals surface area contributed by atoms with Crippen LogP contribution < -0.4 is 5.73 Å². The number of hydrogen-bond acceptors (Lipinski definition) is 4. The van der Waals surface area contributed by atoms with Crippen molar-refractivity contribution in [2.24, 2.45) is 5.73 Å². The monoisotopic (exact) mass is 355 g/mol. The van der Waals surface area contributed by atoms with Gasteiger partial charge >= 0.3 is 11.3 Å². The fourth-order valence-corrected chi connectivity index (χ4v) is 1.80. The minimum absolute atomic E-state index is 0.172. The molecule has 1 aromatic heterocycles. The van der Waals surface area contributed by atoms with Gasteiger partial charge in [0.25, 0.3) is 0 Å². The molecular formula is C10H6BrClF3N3O. The Labute approximate surface area is 118 Å². The zero-order valence-corrected chi connectivity index (χ0v) is 11.4. The molecule has 9 heteroatoms. The average molecular weight is 357 g/mol. The van der Waals surface area contributed by atoms with Crippen LogP contribution in [0.4, 0.5) is 13.2 Å². The van der Waals surface area contributed by atoms with Gasteiger partial charge < -0.3 is 10.3 Å². The van der Waals surface area contributed by atoms with Crippen LogP contribution in [0.15, 0.2) is 27.2 Å². The number of aromatic nitrogens is 2. The first-order valence-electron chi connectivity index (χ1n) is 4.90. The maximum atomic E-state index is 13.1. The van der Waals surface area contributed by atoms with E-state index in [0.29, 0.717) is 5.56 Å². The Morgan fingerprint density at radius 1 is 1.42 bits per heavy atom. The molecule has 19 heavy (non-hydrogen) atoms. The lowest BCUT2D eigenvalue weighted by molar-refractivity contribution is 0.0550. The van der Waals surface area contributed by atoms with Crippen LogP contribution in [-0.2, 0) is 5.38 Å². The summed E-state index contributed by atoms with van der Waals surface area (Å²) < 4.78 is 43.0. The van der Waals surface area contributed by atoms with Gasteiger partial charge in [-0.15, -0.1) is 0 Å². The van der Waals surface area contributed by atoms with Gasteiger partial charge in [-0.2, -0.15) is 13.8 Å². The summed E-state index contributed by atoms with van der Waals surface area (Å²) in [6, 6.07) is 3.03. The summed E-state index contributed by atoms with van der Waals surface area (Å²) in [7, 11) is 0. The summed E-state index contributed by atoms with van der Waals surface area (Å²) in [6.07, 6.45) is 0. The van der Waals surface area contributed by atoms with Crippen LogP contribution in [0.3, 0.4) is 0 Å². The van der Waals surface area contributed by atoms with Gasteiger partial charge in [0.05, 0.1) is 10.5 Å². The van der Waals surface area contributed by atoms with Gasteiger partial charge in [-0.3, -0.25) is 0 Å². The highest BCUT2D eigenvalue weighted by atomic mass is 79.9. The van der Waals surface area contributed by atoms with E-state index in [2.05, 4.69) is 30.6 Å². The average Bonchev–Trinajstić information content (AvgIpc) is 2.81. The lowest BCUT2D eigenvalue weighted by Crippen LogP contribution is -2.14. The summed E-state index contributed by atoms with van der Waals surface area (Å²) in [4.78, 5) is 3.42. The molecule has 2 rings (SSSR count). The molecule has 0 aliphatic rings. The lowest BCUT2D eigenvalue weighted by Gasteiger charge is -2.08. The first kappa shape index (κ1) is 14.3. The van der Waals surface area contributed by atoms with Gasteiger partial charge in [0.2, 0.25) is 0 Å². The van der Waals surface area contributed by atoms with E-state index in [9.17, 15) is 13.2 Å². The predicted octanol–water partition coefficient (Wildman–Crippen LogP) is 3.31. The minimum atomic E-state index is -3.76. The molecule has 1 heterocycles. The molecule has 0 spiro atoms. The van der Waals surface area contributed by atoms with E-state index in [1.165, 1.54) is 18.2 Å². The van der Waals surface area contributed by atoms with E-state index in [1.807, 2.05) is 0 Å². The number of rotatable bonds is 3. The molecule has 1 unspecified atom stereocenters. The molecule has 0 fully saturated rings. The molecule has 0 bridgehead atoms. The third kappa shape index (κ3) is 3.07. The topological polar surface area (TPSA) is 64.9 Å². The van der Waals surface area contributed by atoms with Gasteiger partial charge in [0.1, 0.15) is 5.82 Å². The van der Waals surface area contributed by atoms with Crippen LogP contribution in [-0.4, -0.2) is 10.1 Å². The van der Waals surface area contributed by atoms with E-state index < -0.39 is 23.1 Å². The molecule has 4 nitrogen and oxygen atoms in total. The molecule has 0 radical (unpaired) electrons. The standard InChI is InChI=1S/C10H6BrClF3N3O/c11-5-3-4(1-2-6(5)13)7(16)8-17-9(19-18-8)10(12,14)15/h1-3,7H,16H2. The highest BCUT2D eigenvalue weighted by Gasteiger charge is 2.36. The molecular weight excluding hydrogens is 350 g/mol. The van der Waals surface area contributed by atoms with Gasteiger partial charge in [0.15, 0.2) is 5.82 Å². The van der Waals surface area contributed by atoms with Crippen LogP contribution in [0.5, 0.6) is 0 Å². The number of nitrogens with two attached hydrogens (primary N) is 1. The predicted molar refractivity (Wildman–Crippen MR) is 64.2 cm³/mol. The Kier molecular flexibility index (Phi) is 3.84. The molecule has 102 valence electrons. The second-order valence-corrected chi connectivity index (χ2v) is 4.94. The number of halogens is 5. The van der Waals surface area contributed by atoms with Crippen LogP contribution in [0, 0.1) is 5.82 Å². The van der Waals surface area contributed by atoms with E-state index in [0.717, 1.165) is 0 Å². The minimum Gasteiger partial charge on any atom is -0.331 e. The molecule has 2 N–H and O–H groups in total. The molecule has 1 aromatic carbocycles. The first-order valence-corrected chi connectivity index (χ1v) is 6.07. The van der Waals surface area contributed by atoms with E-state index in [1.54, 1.807) is 0 Å². The van der Waals surface area contributed by atoms with Crippen molar-refractivity contribution in [2.75, 3.05) is 0 Å². The van der Waals surface area contributed by atoms with Crippen LogP contribution in [0.25, 0.3) is 0 Å². The fourth-order valence-electron chi connectivity index (χ4n) is 1.33. The Morgan fingerprint density at radius 3 is 2.63 bits per heavy atom. The van der Waals surface area contributed by atoms with E-state index in [4.69, 9.17) is 17.3 Å². The van der Waals surface area contributed by atoms with Crippen LogP contribution >= 0.6 is 27.5 Å². The van der Waals surface area contributed by atoms with Crippen LogP contribution in [0.2, 0.25) is 0 Å². The number of benzene rings is 1. The second kappa shape index (κ2) is 5.10. The molecule has 0 aliphatic carbocycles. The number of nitrogens with zero attached hydrogens (tertiary/aromatic N) is 2. The summed E-state index contributed by atoms with van der Waals surface area (Å²) in [5.74, 6) is -1.69. The van der Waals surface area contributed by atoms with Crippen molar-refractivity contribution in [2.45, 2.75) is 11.4 Å². The Balaban J connectivity index is 2.31. The quantitative estimate of drug-likeness (QED) is 0.857. The number of alkyl halides is 3. The molecule has 0 saturated heterocycles. The van der Waals surface area contributed by atoms with Crippen LogP contribution in [0.1, 0.15) is 23.3 Å². The third-order valence-electron chi connectivity index (χ3n) is 2.27. The third-order valence-corrected chi connectivity index (χ3v) is 3.03. The normalized spacial score (nSPS) is 13.6. The molecule has 0 aliphatic heterocycles. The lowest BCUT2D eigenvalue weighted by atomic mass is 10.1. The molecule has 0 saturated carbocycles. The second-order valence-electron chi connectivity index (χ2n) is 3.61. The molecule has 1 atom stereocenters. The van der Waals surface area contributed by atoms with E-state index in [-0.39, 0.29) is 10.3 Å². The van der Waals surface area contributed by atoms with Crippen molar-refractivity contribution in [1.82, 2.24) is 10.1 Å². The molecule has 2 aromatic rings. The summed E-state index contributed by atoms with van der Waals surface area (Å²) in [5, 5.41) is -0.429. The van der Waals surface area contributed by atoms with Gasteiger partial charge in [-0.05, 0) is 45.2 Å². The van der Waals surface area contributed by atoms with Crippen molar-refractivity contribution in [3.8, 4) is 0 Å². The Bertz CT molecular complexity index is 602. The zero-order chi connectivity index (χ0) is 14.2. The SMILES string of the molecule is NC(c1ccc(F)c(Br)c1)c1noc(C(F)(F)Cl)n1. The van der Waals surface area contributed by atoms with Crippen molar-refractivity contribution >= 4 is 27.5 Å². The molecule has 0 amide bonds. The Morgan fingerprint density at radius 2 is 2.11 bits per heavy atom. The first-order chi connectivity index (χ1) is 8.79. The highest BCUT2D eigenvalue weighted by molar-refractivity contribution is 9.10. The summed E-state index contributed by atoms with van der Waals surface area (Å²) in [5.41, 5.74) is 6.20. The van der Waals surface area contributed by atoms with Crippen molar-refractivity contribution in [3.05, 3.63) is 45.8 Å². The summed E-state index contributed by atoms with van der Waals surface area (Å²) in [6.45, 7) is 0. The maximum absolute atomic E-state index is 13.1. The zero-order valence-electron chi connectivity index (χ0n) is 9.08. The van der Waals surface area contributed by atoms with E-state index >= 15 is 0 Å². The van der Waals surface area contributed by atoms with Gasteiger partial charge in [0, 0.05) is 0 Å². The van der Waals surface area contributed by atoms with Crippen molar-refractivity contribution in [1.29, 1.82) is 0 Å². The number of hydrogen-bond donors (Lipinski definition) is 1. The van der Waals surface area contributed by atoms with Crippen molar-refractivity contribution < 1.29 is 17.7 Å². The Hall–Kier alpha value is -1.12. The smallest absolute Gasteiger partial charge is 0.331 e. The van der Waals surface area contributed by atoms with Crippen molar-refractivity contribution in [3.63, 3.8) is 0 Å². The fraction of sp³-hybridized carbons (Fsp3) is 0.200. The largest absolute Gasteiger partial charge is 0.400 e. The van der Waals surface area contributed by atoms with Gasteiger partial charge in [-0.25, -0.2) is 4.39 Å². The highest BCUT2D eigenvalue weighted by Crippen LogP contribution is 2.32.